The van der Waals surface area contributed by atoms with Crippen LogP contribution in [0.1, 0.15) is 24.8 Å². The molecule has 19 heteroatoms. The average molecular weight is 757 g/mol. The molecule has 0 bridgehead atoms. The number of hydrogen-bond donors (Lipinski definition) is 9. The van der Waals surface area contributed by atoms with Gasteiger partial charge < -0.3 is 61.1 Å². The van der Waals surface area contributed by atoms with E-state index in [1.54, 1.807) is 6.07 Å². The first kappa shape index (κ1) is 46.3. The number of aliphatic hydroxyl groups is 5. The Morgan fingerprint density at radius 1 is 1.20 bits per heavy atom. The number of carbonyl (C=O) groups excluding carboxylic acids is 1. The number of ether oxygens (including phenoxy) is 3. The number of benzene rings is 1. The molecule has 0 spiro atoms. The van der Waals surface area contributed by atoms with Crippen molar-refractivity contribution in [2.45, 2.75) is 49.9 Å². The smallest absolute Gasteiger partial charge is 0.333 e. The number of hydroxylamine groups is 2. The van der Waals surface area contributed by atoms with Gasteiger partial charge in [-0.3, -0.25) is 4.79 Å². The molecule has 3 unspecified atom stereocenters. The minimum Gasteiger partial charge on any atom is -0.479 e. The number of nitrogens with one attached hydrogen (secondary N) is 1. The third-order valence-corrected chi connectivity index (χ3v) is 6.61. The number of hydrogen-bond acceptors (Lipinski definition) is 15. The molecule has 1 aromatic carbocycles. The Hall–Kier alpha value is -1.83. The minimum absolute atomic E-state index is 0. The molecule has 0 saturated carbocycles. The van der Waals surface area contributed by atoms with E-state index < -0.39 is 59.7 Å². The van der Waals surface area contributed by atoms with Crippen LogP contribution in [0.5, 0.6) is 5.75 Å². The Kier molecular flexibility index (Phi) is 24.5. The normalized spacial score (nSPS) is 17.6. The topological polar surface area (TPSA) is 279 Å². The minimum atomic E-state index is -2.92. The van der Waals surface area contributed by atoms with E-state index in [0.717, 1.165) is 11.3 Å². The predicted molar refractivity (Wildman–Crippen MR) is 160 cm³/mol. The van der Waals surface area contributed by atoms with Gasteiger partial charge in [0.15, 0.2) is 6.10 Å². The van der Waals surface area contributed by atoms with Crippen molar-refractivity contribution < 1.29 is 101 Å². The summed E-state index contributed by atoms with van der Waals surface area (Å²) in [7, 11) is -1.51. The number of amides is 1. The summed E-state index contributed by atoms with van der Waals surface area (Å²) in [5, 5.41) is 65.3. The molecule has 1 heterocycles. The summed E-state index contributed by atoms with van der Waals surface area (Å²) < 4.78 is 36.9. The van der Waals surface area contributed by atoms with E-state index in [2.05, 4.69) is 11.2 Å². The Morgan fingerprint density at radius 2 is 1.80 bits per heavy atom. The fourth-order valence-electron chi connectivity index (χ4n) is 3.07. The molecular weight excluding hydrogens is 711 g/mol. The molecule has 1 fully saturated rings. The summed E-state index contributed by atoms with van der Waals surface area (Å²) >= 11 is 0. The number of nitrogens with zero attached hydrogens (tertiary/aromatic N) is 1. The maximum absolute atomic E-state index is 12.1. The van der Waals surface area contributed by atoms with Crippen molar-refractivity contribution in [1.82, 2.24) is 5.06 Å². The van der Waals surface area contributed by atoms with Gasteiger partial charge in [0, 0.05) is 65.4 Å². The Labute approximate surface area is 293 Å². The van der Waals surface area contributed by atoms with Crippen LogP contribution in [0.15, 0.2) is 18.2 Å². The summed E-state index contributed by atoms with van der Waals surface area (Å²) in [6, 6.07) is 4.65. The van der Waals surface area contributed by atoms with Crippen LogP contribution < -0.4 is 15.8 Å². The standard InChI is InChI=1S/C19H23NO8.C4H11NO3S.C4H11NO3.Y/c1-2-6-26-7-5-17(23)20-14-8-12(11-21)3-4-15(14)27-18-10-13(22)9-16(28-18)19(24)25;1-5(6)3-4-9(2,7)8;5-4(1-6,2-7)3-8;/h1,3-4,8,13,16,18,21-22H,5-7,9-11H2,(H,20,23)(H,24,25);6H,3-4H2,1-2H3;6-8H,1-3,5H2;. The Balaban J connectivity index is 0. The van der Waals surface area contributed by atoms with Crippen molar-refractivity contribution in [2.75, 3.05) is 64.0 Å². The van der Waals surface area contributed by atoms with Crippen LogP contribution in [0.25, 0.3) is 0 Å². The molecule has 17 nitrogen and oxygen atoms in total. The fraction of sp³-hybridized carbons (Fsp3) is 0.630. The van der Waals surface area contributed by atoms with E-state index in [-0.39, 0.29) is 101 Å². The Morgan fingerprint density at radius 3 is 2.24 bits per heavy atom. The largest absolute Gasteiger partial charge is 0.479 e. The summed E-state index contributed by atoms with van der Waals surface area (Å²) in [4.78, 5) is 23.2. The zero-order valence-corrected chi connectivity index (χ0v) is 29.5. The molecule has 1 amide bonds. The summed E-state index contributed by atoms with van der Waals surface area (Å²) in [6.07, 6.45) is 3.24. The first-order chi connectivity index (χ1) is 21.0. The van der Waals surface area contributed by atoms with Gasteiger partial charge in [-0.15, -0.1) is 6.42 Å². The maximum atomic E-state index is 12.1. The van der Waals surface area contributed by atoms with Gasteiger partial charge in [0.2, 0.25) is 12.2 Å². The number of sulfone groups is 1. The van der Waals surface area contributed by atoms with Crippen LogP contribution in [-0.2, 0) is 68.2 Å². The molecule has 1 saturated heterocycles. The second-order valence-corrected chi connectivity index (χ2v) is 12.3. The van der Waals surface area contributed by atoms with Gasteiger partial charge in [0.25, 0.3) is 0 Å². The molecule has 1 aliphatic rings. The summed E-state index contributed by atoms with van der Waals surface area (Å²) in [6.45, 7) is -1.04. The zero-order valence-electron chi connectivity index (χ0n) is 25.8. The number of aliphatic carboxylic acids is 1. The molecule has 0 aliphatic carbocycles. The van der Waals surface area contributed by atoms with Crippen LogP contribution in [0.2, 0.25) is 0 Å². The number of anilines is 1. The molecule has 0 aromatic heterocycles. The number of carboxylic acids is 1. The summed E-state index contributed by atoms with van der Waals surface area (Å²) in [5.74, 6) is 0.971. The van der Waals surface area contributed by atoms with Gasteiger partial charge in [-0.05, 0) is 17.7 Å². The van der Waals surface area contributed by atoms with Gasteiger partial charge in [-0.2, -0.15) is 5.06 Å². The third kappa shape index (κ3) is 21.1. The van der Waals surface area contributed by atoms with E-state index in [0.29, 0.717) is 5.56 Å². The molecule has 261 valence electrons. The molecular formula is C27H45N3O14SY. The van der Waals surface area contributed by atoms with E-state index in [1.165, 1.54) is 19.2 Å². The number of aliphatic hydroxyl groups excluding tert-OH is 5. The van der Waals surface area contributed by atoms with Crippen LogP contribution in [0, 0.1) is 12.3 Å². The van der Waals surface area contributed by atoms with Gasteiger partial charge in [-0.1, -0.05) is 12.0 Å². The number of nitrogens with two attached hydrogens (primary N) is 1. The van der Waals surface area contributed by atoms with Crippen molar-refractivity contribution in [3.05, 3.63) is 23.8 Å². The average Bonchev–Trinajstić information content (AvgIpc) is 2.98. The Bertz CT molecular complexity index is 1170. The SMILES string of the molecule is C#CCOCCC(=O)Nc1cc(CO)ccc1OC1CC(O)CC(C(=O)O)O1.CN(O)CCS(C)(=O)=O.NC(CO)(CO)CO.[Y]. The van der Waals surface area contributed by atoms with Gasteiger partial charge in [-0.25, -0.2) is 13.2 Å². The van der Waals surface area contributed by atoms with Crippen molar-refractivity contribution >= 4 is 27.4 Å². The molecule has 1 aliphatic heterocycles. The van der Waals surface area contributed by atoms with Crippen molar-refractivity contribution in [3.63, 3.8) is 0 Å². The van der Waals surface area contributed by atoms with Crippen molar-refractivity contribution in [3.8, 4) is 18.1 Å². The van der Waals surface area contributed by atoms with Gasteiger partial charge >= 0.3 is 5.97 Å². The molecule has 3 atom stereocenters. The van der Waals surface area contributed by atoms with E-state index in [1.807, 2.05) is 0 Å². The molecule has 2 rings (SSSR count). The number of terminal acetylenes is 1. The first-order valence-electron chi connectivity index (χ1n) is 13.5. The fourth-order valence-corrected chi connectivity index (χ4v) is 3.66. The van der Waals surface area contributed by atoms with Gasteiger partial charge in [0.1, 0.15) is 22.2 Å². The number of carbonyl (C=O) groups is 2. The number of carboxylic acid groups (broad SMARTS) is 1. The van der Waals surface area contributed by atoms with Crippen LogP contribution in [-0.4, -0.2) is 144 Å². The second-order valence-electron chi connectivity index (χ2n) is 10.0. The number of rotatable bonds is 15. The zero-order chi connectivity index (χ0) is 34.6. The second kappa shape index (κ2) is 24.3. The van der Waals surface area contributed by atoms with Crippen LogP contribution >= 0.6 is 0 Å². The molecule has 1 aromatic rings. The maximum Gasteiger partial charge on any atom is 0.333 e. The first-order valence-corrected chi connectivity index (χ1v) is 15.6. The third-order valence-electron chi connectivity index (χ3n) is 5.69. The van der Waals surface area contributed by atoms with Crippen LogP contribution in [0.3, 0.4) is 0 Å². The quantitative estimate of drug-likeness (QED) is 0.0508. The molecule has 10 N–H and O–H groups in total. The van der Waals surface area contributed by atoms with Crippen molar-refractivity contribution in [1.29, 1.82) is 0 Å². The summed E-state index contributed by atoms with van der Waals surface area (Å²) in [5.41, 5.74) is 4.76. The molecule has 46 heavy (non-hydrogen) atoms. The van der Waals surface area contributed by atoms with Crippen molar-refractivity contribution in [2.24, 2.45) is 5.73 Å². The monoisotopic (exact) mass is 756 g/mol. The molecule has 1 radical (unpaired) electrons. The van der Waals surface area contributed by atoms with Gasteiger partial charge in [0.05, 0.1) is 62.5 Å². The van der Waals surface area contributed by atoms with E-state index in [4.69, 9.17) is 52.0 Å². The van der Waals surface area contributed by atoms with E-state index in [9.17, 15) is 28.2 Å². The van der Waals surface area contributed by atoms with Crippen LogP contribution in [0.4, 0.5) is 5.69 Å². The van der Waals surface area contributed by atoms with E-state index >= 15 is 0 Å². The predicted octanol–water partition coefficient (Wildman–Crippen LogP) is -2.50.